The van der Waals surface area contributed by atoms with E-state index in [1.165, 1.54) is 0 Å². The zero-order valence-electron chi connectivity index (χ0n) is 11.3. The number of hydrogen-bond acceptors (Lipinski definition) is 3. The Kier molecular flexibility index (Phi) is 5.65. The minimum atomic E-state index is -0.0218. The molecule has 0 aromatic heterocycles. The lowest BCUT2D eigenvalue weighted by Gasteiger charge is -2.28. The summed E-state index contributed by atoms with van der Waals surface area (Å²) in [4.78, 5) is 13.9. The van der Waals surface area contributed by atoms with E-state index in [0.29, 0.717) is 19.5 Å². The minimum absolute atomic E-state index is 0.0218. The zero-order chi connectivity index (χ0) is 13.5. The maximum atomic E-state index is 12.1. The number of carbonyl (C=O) groups is 1. The van der Waals surface area contributed by atoms with E-state index >= 15 is 0 Å². The van der Waals surface area contributed by atoms with Gasteiger partial charge in [-0.2, -0.15) is 0 Å². The third-order valence-electron chi connectivity index (χ3n) is 3.07. The van der Waals surface area contributed by atoms with Gasteiger partial charge in [-0.05, 0) is 38.6 Å². The fourth-order valence-corrected chi connectivity index (χ4v) is 2.01. The second-order valence-corrected chi connectivity index (χ2v) is 4.30. The topological polar surface area (TPSA) is 52.6 Å². The monoisotopic (exact) mass is 250 g/mol. The lowest BCUT2D eigenvalue weighted by Crippen LogP contribution is -2.34. The van der Waals surface area contributed by atoms with Crippen LogP contribution in [-0.4, -0.2) is 36.1 Å². The quantitative estimate of drug-likeness (QED) is 0.811. The largest absolute Gasteiger partial charge is 0.508 e. The number of phenols is 1. The first-order valence-corrected chi connectivity index (χ1v) is 6.33. The zero-order valence-corrected chi connectivity index (χ0v) is 11.3. The molecule has 18 heavy (non-hydrogen) atoms. The van der Waals surface area contributed by atoms with Gasteiger partial charge in [-0.3, -0.25) is 4.79 Å². The highest BCUT2D eigenvalue weighted by molar-refractivity contribution is 5.76. The van der Waals surface area contributed by atoms with E-state index in [9.17, 15) is 9.90 Å². The van der Waals surface area contributed by atoms with Crippen LogP contribution in [0.25, 0.3) is 0 Å². The van der Waals surface area contributed by atoms with E-state index in [0.717, 1.165) is 5.56 Å². The van der Waals surface area contributed by atoms with Crippen molar-refractivity contribution in [3.05, 3.63) is 29.8 Å². The molecule has 0 saturated carbocycles. The van der Waals surface area contributed by atoms with Crippen molar-refractivity contribution in [3.63, 3.8) is 0 Å². The maximum Gasteiger partial charge on any atom is 0.224 e. The Hall–Kier alpha value is -1.55. The summed E-state index contributed by atoms with van der Waals surface area (Å²) in [6.07, 6.45) is 0.494. The van der Waals surface area contributed by atoms with Crippen LogP contribution in [0.1, 0.15) is 31.9 Å². The molecular formula is C14H22N2O2. The average Bonchev–Trinajstić information content (AvgIpc) is 2.37. The molecule has 100 valence electrons. The van der Waals surface area contributed by atoms with Crippen LogP contribution in [0, 0.1) is 0 Å². The Morgan fingerprint density at radius 3 is 2.78 bits per heavy atom. The Balaban J connectivity index is 2.78. The number of nitrogens with zero attached hydrogens (tertiary/aromatic N) is 1. The molecule has 0 saturated heterocycles. The van der Waals surface area contributed by atoms with Gasteiger partial charge in [0.2, 0.25) is 5.91 Å². The molecule has 0 aliphatic rings. The molecule has 2 N–H and O–H groups in total. The van der Waals surface area contributed by atoms with Crippen LogP contribution in [0.4, 0.5) is 0 Å². The molecule has 1 atom stereocenters. The van der Waals surface area contributed by atoms with Crippen LogP contribution in [0.15, 0.2) is 24.3 Å². The molecule has 1 aromatic rings. The molecule has 0 radical (unpaired) electrons. The smallest absolute Gasteiger partial charge is 0.224 e. The molecule has 1 aromatic carbocycles. The molecule has 0 heterocycles. The van der Waals surface area contributed by atoms with Crippen LogP contribution < -0.4 is 5.32 Å². The lowest BCUT2D eigenvalue weighted by atomic mass is 10.1. The summed E-state index contributed by atoms with van der Waals surface area (Å²) in [7, 11) is 1.84. The van der Waals surface area contributed by atoms with Gasteiger partial charge in [0.25, 0.3) is 0 Å². The van der Waals surface area contributed by atoms with Crippen LogP contribution in [0.5, 0.6) is 5.75 Å². The summed E-state index contributed by atoms with van der Waals surface area (Å²) in [6.45, 7) is 5.30. The number of benzene rings is 1. The third-order valence-corrected chi connectivity index (χ3v) is 3.07. The van der Waals surface area contributed by atoms with Gasteiger partial charge in [0.05, 0.1) is 6.04 Å². The average molecular weight is 250 g/mol. The first-order valence-electron chi connectivity index (χ1n) is 6.33. The predicted octanol–water partition coefficient (Wildman–Crippen LogP) is 1.91. The van der Waals surface area contributed by atoms with Gasteiger partial charge < -0.3 is 15.3 Å². The summed E-state index contributed by atoms with van der Waals surface area (Å²) < 4.78 is 0. The van der Waals surface area contributed by atoms with Gasteiger partial charge in [0.15, 0.2) is 0 Å². The van der Waals surface area contributed by atoms with Crippen molar-refractivity contribution in [2.24, 2.45) is 0 Å². The highest BCUT2D eigenvalue weighted by Crippen LogP contribution is 2.23. The van der Waals surface area contributed by atoms with Crippen LogP contribution >= 0.6 is 0 Å². The SMILES string of the molecule is CCN(C(=O)CCNC)C(C)c1cccc(O)c1. The highest BCUT2D eigenvalue weighted by atomic mass is 16.3. The normalized spacial score (nSPS) is 12.2. The number of nitrogens with one attached hydrogen (secondary N) is 1. The van der Waals surface area contributed by atoms with Crippen LogP contribution in [0.3, 0.4) is 0 Å². The molecule has 1 unspecified atom stereocenters. The van der Waals surface area contributed by atoms with Crippen molar-refractivity contribution in [1.29, 1.82) is 0 Å². The lowest BCUT2D eigenvalue weighted by molar-refractivity contribution is -0.133. The van der Waals surface area contributed by atoms with E-state index in [2.05, 4.69) is 5.32 Å². The molecule has 0 fully saturated rings. The second-order valence-electron chi connectivity index (χ2n) is 4.30. The number of aromatic hydroxyl groups is 1. The van der Waals surface area contributed by atoms with E-state index in [-0.39, 0.29) is 17.7 Å². The van der Waals surface area contributed by atoms with Crippen molar-refractivity contribution < 1.29 is 9.90 Å². The Bertz CT molecular complexity index is 393. The molecule has 0 aliphatic heterocycles. The number of hydrogen-bond donors (Lipinski definition) is 2. The van der Waals surface area contributed by atoms with Crippen molar-refractivity contribution in [3.8, 4) is 5.75 Å². The summed E-state index contributed by atoms with van der Waals surface area (Å²) in [5.41, 5.74) is 0.953. The van der Waals surface area contributed by atoms with Crippen molar-refractivity contribution in [2.75, 3.05) is 20.1 Å². The van der Waals surface area contributed by atoms with Gasteiger partial charge in [0, 0.05) is 19.5 Å². The Morgan fingerprint density at radius 1 is 1.50 bits per heavy atom. The van der Waals surface area contributed by atoms with Crippen LogP contribution in [0.2, 0.25) is 0 Å². The molecule has 1 amide bonds. The third kappa shape index (κ3) is 3.74. The number of rotatable bonds is 6. The molecular weight excluding hydrogens is 228 g/mol. The van der Waals surface area contributed by atoms with Gasteiger partial charge in [-0.25, -0.2) is 0 Å². The molecule has 4 heteroatoms. The minimum Gasteiger partial charge on any atom is -0.508 e. The van der Waals surface area contributed by atoms with E-state index < -0.39 is 0 Å². The summed E-state index contributed by atoms with van der Waals surface area (Å²) in [5.74, 6) is 0.362. The molecule has 0 spiro atoms. The van der Waals surface area contributed by atoms with Crippen LogP contribution in [-0.2, 0) is 4.79 Å². The Morgan fingerprint density at radius 2 is 2.22 bits per heavy atom. The highest BCUT2D eigenvalue weighted by Gasteiger charge is 2.19. The van der Waals surface area contributed by atoms with Crippen molar-refractivity contribution in [1.82, 2.24) is 10.2 Å². The second kappa shape index (κ2) is 7.01. The van der Waals surface area contributed by atoms with Gasteiger partial charge >= 0.3 is 0 Å². The molecule has 4 nitrogen and oxygen atoms in total. The van der Waals surface area contributed by atoms with E-state index in [1.807, 2.05) is 31.9 Å². The number of phenolic OH excluding ortho intramolecular Hbond substituents is 1. The standard InChI is InChI=1S/C14H22N2O2/c1-4-16(14(18)8-9-15-3)11(2)12-6-5-7-13(17)10-12/h5-7,10-11,15,17H,4,8-9H2,1-3H3. The summed E-state index contributed by atoms with van der Waals surface area (Å²) in [5, 5.41) is 12.5. The first kappa shape index (κ1) is 14.5. The molecule has 1 rings (SSSR count). The molecule has 0 aliphatic carbocycles. The van der Waals surface area contributed by atoms with Crippen molar-refractivity contribution in [2.45, 2.75) is 26.3 Å². The fraction of sp³-hybridized carbons (Fsp3) is 0.500. The maximum absolute atomic E-state index is 12.1. The van der Waals surface area contributed by atoms with Gasteiger partial charge in [0.1, 0.15) is 5.75 Å². The van der Waals surface area contributed by atoms with E-state index in [4.69, 9.17) is 0 Å². The van der Waals surface area contributed by atoms with Crippen molar-refractivity contribution >= 4 is 5.91 Å². The van der Waals surface area contributed by atoms with E-state index in [1.54, 1.807) is 18.2 Å². The summed E-state index contributed by atoms with van der Waals surface area (Å²) >= 11 is 0. The van der Waals surface area contributed by atoms with Gasteiger partial charge in [-0.15, -0.1) is 0 Å². The first-order chi connectivity index (χ1) is 8.60. The van der Waals surface area contributed by atoms with Gasteiger partial charge in [-0.1, -0.05) is 12.1 Å². The molecule has 0 bridgehead atoms. The predicted molar refractivity (Wildman–Crippen MR) is 72.5 cm³/mol. The Labute approximate surface area is 109 Å². The number of amides is 1. The number of carbonyl (C=O) groups excluding carboxylic acids is 1. The fourth-order valence-electron chi connectivity index (χ4n) is 2.01. The summed E-state index contributed by atoms with van der Waals surface area (Å²) in [6, 6.07) is 7.05.